The Morgan fingerprint density at radius 2 is 1.88 bits per heavy atom. The van der Waals surface area contributed by atoms with Crippen LogP contribution in [0.2, 0.25) is 0 Å². The summed E-state index contributed by atoms with van der Waals surface area (Å²) in [6.45, 7) is 0.701. The number of benzene rings is 2. The Balaban J connectivity index is 2.26. The van der Waals surface area contributed by atoms with Gasteiger partial charge in [-0.15, -0.1) is 0 Å². The number of nitrogens with one attached hydrogen (secondary N) is 3. The minimum absolute atomic E-state index is 0.121. The zero-order valence-corrected chi connectivity index (χ0v) is 14.6. The molecule has 1 amide bonds. The van der Waals surface area contributed by atoms with Gasteiger partial charge >= 0.3 is 0 Å². The van der Waals surface area contributed by atoms with Crippen LogP contribution in [-0.2, 0) is 0 Å². The number of rotatable bonds is 7. The molecule has 0 aromatic heterocycles. The van der Waals surface area contributed by atoms with E-state index in [1.54, 1.807) is 19.2 Å². The molecule has 0 fully saturated rings. The van der Waals surface area contributed by atoms with Gasteiger partial charge in [0.15, 0.2) is 0 Å². The standard InChI is InChI=1S/C18H22N4O3/c1-19-15-10-9-14(11-17(15)22(24)25)18(23)20-16(12-21(2)3)13-7-5-4-6-8-13/h4-11,16,19H,12H2,1-3H3,(H,20,23)/p+1/t16-/m0/s1. The maximum atomic E-state index is 12.6. The minimum Gasteiger partial charge on any atom is -0.383 e. The number of likely N-dealkylation sites (N-methyl/N-ethyl adjacent to an activating group) is 1. The second-order valence-corrected chi connectivity index (χ2v) is 6.09. The number of carbonyl (C=O) groups excluding carboxylic acids is 1. The summed E-state index contributed by atoms with van der Waals surface area (Å²) in [5, 5.41) is 16.9. The topological polar surface area (TPSA) is 88.7 Å². The van der Waals surface area contributed by atoms with Crippen LogP contribution in [0.25, 0.3) is 0 Å². The van der Waals surface area contributed by atoms with Gasteiger partial charge in [0.25, 0.3) is 11.6 Å². The molecular formula is C18H23N4O3+. The predicted octanol–water partition coefficient (Wildman–Crippen LogP) is 1.25. The Kier molecular flexibility index (Phi) is 6.08. The summed E-state index contributed by atoms with van der Waals surface area (Å²) in [5.41, 5.74) is 1.52. The lowest BCUT2D eigenvalue weighted by molar-refractivity contribution is -0.860. The number of anilines is 1. The van der Waals surface area contributed by atoms with E-state index in [1.165, 1.54) is 11.0 Å². The van der Waals surface area contributed by atoms with Crippen LogP contribution in [-0.4, -0.2) is 38.5 Å². The van der Waals surface area contributed by atoms with E-state index >= 15 is 0 Å². The first-order valence-corrected chi connectivity index (χ1v) is 8.03. The fourth-order valence-electron chi connectivity index (χ4n) is 2.62. The smallest absolute Gasteiger partial charge is 0.293 e. The SMILES string of the molecule is CNc1ccc(C(=O)N[C@@H](C[NH+](C)C)c2ccccc2)cc1[N+](=O)[O-]. The number of hydrogen-bond acceptors (Lipinski definition) is 4. The van der Waals surface area contributed by atoms with Crippen molar-refractivity contribution in [1.82, 2.24) is 5.32 Å². The lowest BCUT2D eigenvalue weighted by Gasteiger charge is -2.21. The van der Waals surface area contributed by atoms with Crippen molar-refractivity contribution < 1.29 is 14.6 Å². The summed E-state index contributed by atoms with van der Waals surface area (Å²) in [6.07, 6.45) is 0. The van der Waals surface area contributed by atoms with Gasteiger partial charge in [-0.2, -0.15) is 0 Å². The summed E-state index contributed by atoms with van der Waals surface area (Å²) < 4.78 is 0. The highest BCUT2D eigenvalue weighted by molar-refractivity contribution is 5.96. The Morgan fingerprint density at radius 3 is 2.44 bits per heavy atom. The first kappa shape index (κ1) is 18.4. The molecule has 7 nitrogen and oxygen atoms in total. The van der Waals surface area contributed by atoms with Gasteiger partial charge in [-0.1, -0.05) is 30.3 Å². The van der Waals surface area contributed by atoms with Crippen molar-refractivity contribution in [2.75, 3.05) is 33.0 Å². The molecule has 2 aromatic rings. The van der Waals surface area contributed by atoms with Crippen molar-refractivity contribution in [1.29, 1.82) is 0 Å². The van der Waals surface area contributed by atoms with Crippen LogP contribution in [0.15, 0.2) is 48.5 Å². The van der Waals surface area contributed by atoms with Crippen LogP contribution in [0.1, 0.15) is 22.0 Å². The molecule has 0 aliphatic carbocycles. The molecule has 3 N–H and O–H groups in total. The van der Waals surface area contributed by atoms with Crippen LogP contribution in [0.3, 0.4) is 0 Å². The number of amides is 1. The summed E-state index contributed by atoms with van der Waals surface area (Å²) in [5.74, 6) is -0.333. The van der Waals surface area contributed by atoms with E-state index in [-0.39, 0.29) is 23.2 Å². The van der Waals surface area contributed by atoms with Crippen molar-refractivity contribution in [3.05, 3.63) is 69.8 Å². The van der Waals surface area contributed by atoms with Gasteiger partial charge < -0.3 is 15.5 Å². The number of nitro groups is 1. The van der Waals surface area contributed by atoms with Crippen LogP contribution >= 0.6 is 0 Å². The van der Waals surface area contributed by atoms with E-state index in [4.69, 9.17) is 0 Å². The molecule has 0 radical (unpaired) electrons. The van der Waals surface area contributed by atoms with Crippen molar-refractivity contribution in [3.8, 4) is 0 Å². The second-order valence-electron chi connectivity index (χ2n) is 6.09. The number of nitrogens with zero attached hydrogens (tertiary/aromatic N) is 1. The van der Waals surface area contributed by atoms with E-state index in [1.807, 2.05) is 44.4 Å². The van der Waals surface area contributed by atoms with Crippen molar-refractivity contribution in [2.24, 2.45) is 0 Å². The zero-order valence-electron chi connectivity index (χ0n) is 14.6. The lowest BCUT2D eigenvalue weighted by Crippen LogP contribution is -3.06. The molecule has 0 saturated carbocycles. The van der Waals surface area contributed by atoms with E-state index in [9.17, 15) is 14.9 Å². The maximum Gasteiger partial charge on any atom is 0.293 e. The van der Waals surface area contributed by atoms with E-state index in [0.29, 0.717) is 12.2 Å². The molecule has 0 unspecified atom stereocenters. The second kappa shape index (κ2) is 8.25. The molecule has 25 heavy (non-hydrogen) atoms. The molecule has 0 spiro atoms. The fraction of sp³-hybridized carbons (Fsp3) is 0.278. The molecule has 1 atom stereocenters. The van der Waals surface area contributed by atoms with Crippen LogP contribution < -0.4 is 15.5 Å². The predicted molar refractivity (Wildman–Crippen MR) is 97.0 cm³/mol. The van der Waals surface area contributed by atoms with Gasteiger partial charge in [0, 0.05) is 18.7 Å². The molecule has 0 bridgehead atoms. The number of carbonyl (C=O) groups is 1. The molecule has 0 aliphatic rings. The fourth-order valence-corrected chi connectivity index (χ4v) is 2.62. The van der Waals surface area contributed by atoms with Crippen LogP contribution in [0.4, 0.5) is 11.4 Å². The molecule has 2 rings (SSSR count). The summed E-state index contributed by atoms with van der Waals surface area (Å²) in [6, 6.07) is 13.9. The molecule has 132 valence electrons. The van der Waals surface area contributed by atoms with E-state index in [0.717, 1.165) is 5.56 Å². The first-order chi connectivity index (χ1) is 11.9. The Bertz CT molecular complexity index is 747. The third-order valence-electron chi connectivity index (χ3n) is 3.85. The average Bonchev–Trinajstić information content (AvgIpc) is 2.60. The largest absolute Gasteiger partial charge is 0.383 e. The molecular weight excluding hydrogens is 320 g/mol. The normalized spacial score (nSPS) is 11.8. The molecule has 2 aromatic carbocycles. The van der Waals surface area contributed by atoms with Crippen molar-refractivity contribution in [2.45, 2.75) is 6.04 Å². The molecule has 0 aliphatic heterocycles. The zero-order chi connectivity index (χ0) is 18.4. The van der Waals surface area contributed by atoms with Crippen molar-refractivity contribution >= 4 is 17.3 Å². The summed E-state index contributed by atoms with van der Waals surface area (Å²) >= 11 is 0. The highest BCUT2D eigenvalue weighted by Gasteiger charge is 2.21. The maximum absolute atomic E-state index is 12.6. The van der Waals surface area contributed by atoms with E-state index < -0.39 is 4.92 Å². The molecule has 7 heteroatoms. The third-order valence-corrected chi connectivity index (χ3v) is 3.85. The monoisotopic (exact) mass is 343 g/mol. The molecule has 0 saturated heterocycles. The Labute approximate surface area is 146 Å². The lowest BCUT2D eigenvalue weighted by atomic mass is 10.1. The van der Waals surface area contributed by atoms with Gasteiger partial charge in [-0.05, 0) is 17.7 Å². The summed E-state index contributed by atoms with van der Waals surface area (Å²) in [7, 11) is 5.62. The molecule has 0 heterocycles. The minimum atomic E-state index is -0.499. The highest BCUT2D eigenvalue weighted by Crippen LogP contribution is 2.25. The average molecular weight is 343 g/mol. The third kappa shape index (κ3) is 4.77. The van der Waals surface area contributed by atoms with Gasteiger partial charge in [0.1, 0.15) is 18.3 Å². The van der Waals surface area contributed by atoms with Gasteiger partial charge in [0.2, 0.25) is 0 Å². The van der Waals surface area contributed by atoms with Gasteiger partial charge in [-0.3, -0.25) is 14.9 Å². The summed E-state index contributed by atoms with van der Waals surface area (Å²) in [4.78, 5) is 24.5. The Hall–Kier alpha value is -2.93. The van der Waals surface area contributed by atoms with Gasteiger partial charge in [-0.25, -0.2) is 0 Å². The van der Waals surface area contributed by atoms with Crippen molar-refractivity contribution in [3.63, 3.8) is 0 Å². The van der Waals surface area contributed by atoms with Crippen LogP contribution in [0.5, 0.6) is 0 Å². The number of hydrogen-bond donors (Lipinski definition) is 3. The Morgan fingerprint density at radius 1 is 1.20 bits per heavy atom. The number of quaternary nitrogens is 1. The number of nitro benzene ring substituents is 1. The quantitative estimate of drug-likeness (QED) is 0.521. The van der Waals surface area contributed by atoms with E-state index in [2.05, 4.69) is 10.6 Å². The first-order valence-electron chi connectivity index (χ1n) is 8.03. The highest BCUT2D eigenvalue weighted by atomic mass is 16.6. The van der Waals surface area contributed by atoms with Crippen LogP contribution in [0, 0.1) is 10.1 Å². The van der Waals surface area contributed by atoms with Gasteiger partial charge in [0.05, 0.1) is 19.0 Å².